The molecular weight excluding hydrogens is 302 g/mol. The maximum absolute atomic E-state index is 11.9. The van der Waals surface area contributed by atoms with E-state index < -0.39 is 10.0 Å². The number of amides is 1. The highest BCUT2D eigenvalue weighted by Crippen LogP contribution is 2.18. The third-order valence-corrected chi connectivity index (χ3v) is 4.19. The molecule has 7 heteroatoms. The van der Waals surface area contributed by atoms with Crippen LogP contribution in [0, 0.1) is 11.3 Å². The number of benzene rings is 1. The summed E-state index contributed by atoms with van der Waals surface area (Å²) in [5.74, 6) is -0.358. The molecule has 1 aromatic carbocycles. The molecule has 1 amide bonds. The highest BCUT2D eigenvalue weighted by molar-refractivity contribution is 7.92. The average Bonchev–Trinajstić information content (AvgIpc) is 2.48. The first-order valence-corrected chi connectivity index (χ1v) is 8.98. The first-order chi connectivity index (χ1) is 10.4. The van der Waals surface area contributed by atoms with E-state index in [2.05, 4.69) is 12.2 Å². The zero-order valence-corrected chi connectivity index (χ0v) is 13.7. The summed E-state index contributed by atoms with van der Waals surface area (Å²) < 4.78 is 24.8. The van der Waals surface area contributed by atoms with Crippen molar-refractivity contribution in [3.05, 3.63) is 29.8 Å². The molecule has 0 aliphatic carbocycles. The van der Waals surface area contributed by atoms with Gasteiger partial charge in [0.1, 0.15) is 6.54 Å². The summed E-state index contributed by atoms with van der Waals surface area (Å²) in [6.45, 7) is 2.30. The van der Waals surface area contributed by atoms with E-state index in [1.165, 1.54) is 6.07 Å². The molecule has 0 heterocycles. The Labute approximate surface area is 131 Å². The molecule has 120 valence electrons. The van der Waals surface area contributed by atoms with Crippen molar-refractivity contribution in [1.29, 1.82) is 5.26 Å². The second kappa shape index (κ2) is 8.39. The van der Waals surface area contributed by atoms with Gasteiger partial charge < -0.3 is 5.32 Å². The number of sulfonamides is 1. The molecule has 0 atom stereocenters. The number of unbranched alkanes of at least 4 members (excludes halogenated alkanes) is 2. The molecule has 0 saturated carbocycles. The van der Waals surface area contributed by atoms with Gasteiger partial charge in [0.15, 0.2) is 0 Å². The lowest BCUT2D eigenvalue weighted by molar-refractivity contribution is -0.119. The lowest BCUT2D eigenvalue weighted by atomic mass is 10.2. The summed E-state index contributed by atoms with van der Waals surface area (Å²) in [4.78, 5) is 11.9. The van der Waals surface area contributed by atoms with E-state index >= 15 is 0 Å². The van der Waals surface area contributed by atoms with E-state index in [4.69, 9.17) is 5.26 Å². The van der Waals surface area contributed by atoms with Gasteiger partial charge >= 0.3 is 0 Å². The second-order valence-electron chi connectivity index (χ2n) is 4.99. The Bertz CT molecular complexity index is 650. The molecule has 0 unspecified atom stereocenters. The summed E-state index contributed by atoms with van der Waals surface area (Å²) in [7, 11) is -3.61. The molecule has 0 fully saturated rings. The average molecular weight is 323 g/mol. The summed E-state index contributed by atoms with van der Waals surface area (Å²) in [5, 5.41) is 11.6. The van der Waals surface area contributed by atoms with Crippen LogP contribution in [0.4, 0.5) is 5.69 Å². The number of carbonyl (C=O) groups is 1. The van der Waals surface area contributed by atoms with Crippen LogP contribution in [0.2, 0.25) is 0 Å². The van der Waals surface area contributed by atoms with Crippen molar-refractivity contribution >= 4 is 21.6 Å². The van der Waals surface area contributed by atoms with E-state index in [9.17, 15) is 13.2 Å². The Morgan fingerprint density at radius 1 is 1.36 bits per heavy atom. The molecule has 1 N–H and O–H groups in total. The topological polar surface area (TPSA) is 90.3 Å². The molecule has 22 heavy (non-hydrogen) atoms. The summed E-state index contributed by atoms with van der Waals surface area (Å²) in [6, 6.07) is 8.13. The summed E-state index contributed by atoms with van der Waals surface area (Å²) in [5.41, 5.74) is 0.653. The van der Waals surface area contributed by atoms with Gasteiger partial charge in [0, 0.05) is 6.54 Å². The van der Waals surface area contributed by atoms with Crippen molar-refractivity contribution in [3.8, 4) is 6.07 Å². The number of anilines is 1. The Balaban J connectivity index is 2.82. The van der Waals surface area contributed by atoms with Crippen molar-refractivity contribution in [3.63, 3.8) is 0 Å². The van der Waals surface area contributed by atoms with Gasteiger partial charge in [-0.3, -0.25) is 9.10 Å². The minimum atomic E-state index is -3.61. The van der Waals surface area contributed by atoms with Gasteiger partial charge in [0.25, 0.3) is 0 Å². The lowest BCUT2D eigenvalue weighted by Crippen LogP contribution is -2.40. The van der Waals surface area contributed by atoms with Crippen LogP contribution in [0.15, 0.2) is 24.3 Å². The van der Waals surface area contributed by atoms with Crippen molar-refractivity contribution < 1.29 is 13.2 Å². The molecule has 0 saturated heterocycles. The molecule has 0 spiro atoms. The number of carbonyl (C=O) groups excluding carboxylic acids is 1. The smallest absolute Gasteiger partial charge is 0.240 e. The standard InChI is InChI=1S/C15H21N3O3S/c1-3-4-5-9-17-15(19)12-18(22(2,20)21)14-8-6-7-13(10-14)11-16/h6-8,10H,3-5,9,12H2,1-2H3,(H,17,19). The van der Waals surface area contributed by atoms with Crippen LogP contribution >= 0.6 is 0 Å². The number of hydrogen-bond donors (Lipinski definition) is 1. The first-order valence-electron chi connectivity index (χ1n) is 7.13. The van der Waals surface area contributed by atoms with E-state index in [-0.39, 0.29) is 12.5 Å². The molecule has 0 radical (unpaired) electrons. The van der Waals surface area contributed by atoms with Crippen LogP contribution in [-0.2, 0) is 14.8 Å². The first kappa shape index (κ1) is 18.0. The van der Waals surface area contributed by atoms with E-state index in [1.807, 2.05) is 6.07 Å². The van der Waals surface area contributed by atoms with Gasteiger partial charge in [-0.1, -0.05) is 25.8 Å². The minimum absolute atomic E-state index is 0.292. The molecule has 1 aromatic rings. The molecule has 1 rings (SSSR count). The van der Waals surface area contributed by atoms with E-state index in [0.29, 0.717) is 17.8 Å². The summed E-state index contributed by atoms with van der Waals surface area (Å²) >= 11 is 0. The van der Waals surface area contributed by atoms with Crippen LogP contribution < -0.4 is 9.62 Å². The Kier molecular flexibility index (Phi) is 6.86. The van der Waals surface area contributed by atoms with Gasteiger partial charge in [-0.25, -0.2) is 8.42 Å². The maximum Gasteiger partial charge on any atom is 0.240 e. The van der Waals surface area contributed by atoms with Gasteiger partial charge in [-0.2, -0.15) is 5.26 Å². The van der Waals surface area contributed by atoms with Crippen molar-refractivity contribution in [1.82, 2.24) is 5.32 Å². The highest BCUT2D eigenvalue weighted by Gasteiger charge is 2.20. The van der Waals surface area contributed by atoms with Crippen molar-refractivity contribution in [2.24, 2.45) is 0 Å². The van der Waals surface area contributed by atoms with E-state index in [1.54, 1.807) is 18.2 Å². The van der Waals surface area contributed by atoms with Crippen molar-refractivity contribution in [2.75, 3.05) is 23.7 Å². The quantitative estimate of drug-likeness (QED) is 0.736. The molecule has 0 bridgehead atoms. The molecule has 0 aliphatic rings. The SMILES string of the molecule is CCCCCNC(=O)CN(c1cccc(C#N)c1)S(C)(=O)=O. The Morgan fingerprint density at radius 3 is 2.68 bits per heavy atom. The molecule has 6 nitrogen and oxygen atoms in total. The highest BCUT2D eigenvalue weighted by atomic mass is 32.2. The molecule has 0 aromatic heterocycles. The minimum Gasteiger partial charge on any atom is -0.355 e. The Morgan fingerprint density at radius 2 is 2.09 bits per heavy atom. The van der Waals surface area contributed by atoms with Crippen LogP contribution in [0.5, 0.6) is 0 Å². The largest absolute Gasteiger partial charge is 0.355 e. The normalized spacial score (nSPS) is 10.8. The fourth-order valence-corrected chi connectivity index (χ4v) is 2.77. The molecular formula is C15H21N3O3S. The predicted molar refractivity (Wildman–Crippen MR) is 85.9 cm³/mol. The zero-order valence-electron chi connectivity index (χ0n) is 12.9. The van der Waals surface area contributed by atoms with Crippen molar-refractivity contribution in [2.45, 2.75) is 26.2 Å². The second-order valence-corrected chi connectivity index (χ2v) is 6.90. The summed E-state index contributed by atoms with van der Waals surface area (Å²) in [6.07, 6.45) is 3.97. The van der Waals surface area contributed by atoms with Gasteiger partial charge in [-0.05, 0) is 24.6 Å². The Hall–Kier alpha value is -2.07. The number of nitriles is 1. The lowest BCUT2D eigenvalue weighted by Gasteiger charge is -2.22. The zero-order chi connectivity index (χ0) is 16.6. The van der Waals surface area contributed by atoms with E-state index in [0.717, 1.165) is 29.8 Å². The fourth-order valence-electron chi connectivity index (χ4n) is 1.92. The number of rotatable bonds is 8. The number of nitrogens with zero attached hydrogens (tertiary/aromatic N) is 2. The van der Waals surface area contributed by atoms with Crippen LogP contribution in [-0.4, -0.2) is 33.7 Å². The fraction of sp³-hybridized carbons (Fsp3) is 0.467. The number of nitrogens with one attached hydrogen (secondary N) is 1. The number of hydrogen-bond acceptors (Lipinski definition) is 4. The third kappa shape index (κ3) is 5.74. The predicted octanol–water partition coefficient (Wildman–Crippen LogP) is 1.63. The van der Waals surface area contributed by atoms with Gasteiger partial charge in [-0.15, -0.1) is 0 Å². The molecule has 0 aliphatic heterocycles. The maximum atomic E-state index is 11.9. The third-order valence-electron chi connectivity index (χ3n) is 3.05. The van der Waals surface area contributed by atoms with Crippen LogP contribution in [0.3, 0.4) is 0 Å². The monoisotopic (exact) mass is 323 g/mol. The van der Waals surface area contributed by atoms with Crippen LogP contribution in [0.1, 0.15) is 31.7 Å². The van der Waals surface area contributed by atoms with Gasteiger partial charge in [0.2, 0.25) is 15.9 Å². The van der Waals surface area contributed by atoms with Gasteiger partial charge in [0.05, 0.1) is 23.6 Å². The van der Waals surface area contributed by atoms with Crippen LogP contribution in [0.25, 0.3) is 0 Å².